The van der Waals surface area contributed by atoms with Gasteiger partial charge in [0.15, 0.2) is 0 Å². The van der Waals surface area contributed by atoms with Gasteiger partial charge in [-0.3, -0.25) is 15.0 Å². The number of hydrogen-bond donors (Lipinski definition) is 0. The zero-order valence-corrected chi connectivity index (χ0v) is 63.8. The molecule has 96 heavy (non-hydrogen) atoms. The highest BCUT2D eigenvalue weighted by Crippen LogP contribution is 2.23. The van der Waals surface area contributed by atoms with Gasteiger partial charge in [0.2, 0.25) is 0 Å². The molecule has 0 saturated heterocycles. The van der Waals surface area contributed by atoms with Crippen molar-refractivity contribution in [2.24, 2.45) is 0 Å². The van der Waals surface area contributed by atoms with E-state index < -0.39 is 11.6 Å². The van der Waals surface area contributed by atoms with E-state index in [1.165, 1.54) is 90.7 Å². The average molecular weight is 1460 g/mol. The third-order valence-corrected chi connectivity index (χ3v) is 17.9. The van der Waals surface area contributed by atoms with Crippen LogP contribution in [0, 0.1) is 148 Å². The Bertz CT molecular complexity index is 3490. The molecule has 7 aromatic heterocycles. The highest BCUT2D eigenvalue weighted by molar-refractivity contribution is 7.12. The summed E-state index contributed by atoms with van der Waals surface area (Å²) in [6, 6.07) is 39.9. The molecule has 0 unspecified atom stereocenters. The summed E-state index contributed by atoms with van der Waals surface area (Å²) in [4.78, 5) is 28.4. The number of nitrogens with zero attached hydrogens (tertiary/aromatic N) is 8. The van der Waals surface area contributed by atoms with Crippen LogP contribution in [-0.4, -0.2) is 39.5 Å². The van der Waals surface area contributed by atoms with Crippen LogP contribution in [0.3, 0.4) is 0 Å². The molecule has 0 atom stereocenters. The second-order valence-corrected chi connectivity index (χ2v) is 26.5. The maximum absolute atomic E-state index is 12.3. The molecule has 0 bridgehead atoms. The van der Waals surface area contributed by atoms with Gasteiger partial charge in [-0.25, -0.2) is 32.5 Å². The molecule has 7 heterocycles. The SMILES string of the molecule is Cc1c(Cl)cccc1Cl.Cc1c(Cl)cncc1Cl.Cc1c(F)cccc1F.Cc1cc(C)c(C)s1.Cc1ccccc1C.Cc1ccccc1Cl.Cc1ccccc1F.Cc1ccncc1.Cc1ccncc1F.Cc1cncnc1C.Cc1ncsc1C.Cc1nnsc1C. The van der Waals surface area contributed by atoms with Crippen molar-refractivity contribution in [3.63, 3.8) is 0 Å². The summed E-state index contributed by atoms with van der Waals surface area (Å²) in [6.45, 7) is 35.4. The highest BCUT2D eigenvalue weighted by Gasteiger charge is 2.01. The lowest BCUT2D eigenvalue weighted by atomic mass is 10.1. The highest BCUT2D eigenvalue weighted by atomic mass is 35.5. The van der Waals surface area contributed by atoms with Crippen molar-refractivity contribution < 1.29 is 17.6 Å². The number of aryl methyl sites for hydroxylation is 15. The van der Waals surface area contributed by atoms with Gasteiger partial charge < -0.3 is 0 Å². The molecule has 20 heteroatoms. The first-order chi connectivity index (χ1) is 45.4. The Morgan fingerprint density at radius 3 is 1.08 bits per heavy atom. The van der Waals surface area contributed by atoms with Crippen molar-refractivity contribution in [1.29, 1.82) is 0 Å². The van der Waals surface area contributed by atoms with Crippen molar-refractivity contribution in [3.05, 3.63) is 335 Å². The lowest BCUT2D eigenvalue weighted by Crippen LogP contribution is -1.85. The lowest BCUT2D eigenvalue weighted by Gasteiger charge is -1.96. The molecule has 0 aliphatic heterocycles. The molecule has 0 fully saturated rings. The van der Waals surface area contributed by atoms with Crippen LogP contribution in [0.25, 0.3) is 0 Å². The maximum atomic E-state index is 12.3. The summed E-state index contributed by atoms with van der Waals surface area (Å²) >= 11 is 33.5. The van der Waals surface area contributed by atoms with E-state index in [1.54, 1.807) is 80.7 Å². The van der Waals surface area contributed by atoms with Crippen LogP contribution in [0.4, 0.5) is 17.6 Å². The van der Waals surface area contributed by atoms with Crippen molar-refractivity contribution in [2.75, 3.05) is 0 Å². The fourth-order valence-corrected chi connectivity index (χ4v) is 9.02. The Morgan fingerprint density at radius 2 is 0.812 bits per heavy atom. The van der Waals surface area contributed by atoms with Gasteiger partial charge in [-0.1, -0.05) is 135 Å². The van der Waals surface area contributed by atoms with Gasteiger partial charge in [0.05, 0.1) is 33.1 Å². The van der Waals surface area contributed by atoms with Gasteiger partial charge in [-0.15, -0.1) is 27.8 Å². The lowest BCUT2D eigenvalue weighted by molar-refractivity contribution is 0.568. The predicted molar refractivity (Wildman–Crippen MR) is 403 cm³/mol. The fraction of sp³-hybridized carbons (Fsp3) is 0.237. The number of benzene rings is 5. The normalized spacial score (nSPS) is 9.41. The molecule has 0 radical (unpaired) electrons. The van der Waals surface area contributed by atoms with Crippen LogP contribution in [0.1, 0.15) is 97.8 Å². The standard InChI is InChI=1S/C8H10.C7H6Cl2.C7H7Cl.C7H6F2.C7H7F.C7H10S.C6H5Cl2N.C6H6FN.C6H8N2.C6H7N.C5H7NS.C4H6N2S/c1-7-5-3-4-6-8(7)2;1-5-6(8)3-2-4-7(5)9;1-6-4-2-3-5-7(6)8;1-5-6(8)3-2-4-7(5)9;1-6-4-2-3-5-7(6)8;1-5-4-6(2)8-7(5)3;1-4-5(7)2-9-3-6(4)8;1-5-2-3-8-4-6(5)7;1-5-3-7-4-8-6(5)2;1-6-2-4-7-5-3-6;1-4-5(2)7-3-6-4;1-3-4(2)7-6-5-3/h3-6H,1-2H3;2-4H,1H3;2-5H,1H3;2-4H,1H3;2-5H,1H3;4H,1-3H3;2-3H,1H3;2-4H,1H3;3-4H,1-2H3;2-5H,1H3;3H,1-2H3;1-2H3. The van der Waals surface area contributed by atoms with Gasteiger partial charge in [-0.05, 0) is 252 Å². The molecule has 8 nitrogen and oxygen atoms in total. The smallest absolute Gasteiger partial charge is 0.144 e. The minimum Gasteiger partial charge on any atom is -0.265 e. The first-order valence-corrected chi connectivity index (χ1v) is 34.1. The van der Waals surface area contributed by atoms with Gasteiger partial charge in [0, 0.05) is 83.0 Å². The quantitative estimate of drug-likeness (QED) is 0.138. The second kappa shape index (κ2) is 49.2. The Kier molecular flexibility index (Phi) is 44.5. The summed E-state index contributed by atoms with van der Waals surface area (Å²) in [5.74, 6) is -1.36. The number of pyridine rings is 3. The van der Waals surface area contributed by atoms with Gasteiger partial charge in [0.1, 0.15) is 29.6 Å². The topological polar surface area (TPSA) is 103 Å². The second-order valence-electron chi connectivity index (χ2n) is 20.9. The molecule has 12 rings (SSSR count). The number of hydrogen-bond acceptors (Lipinski definition) is 11. The van der Waals surface area contributed by atoms with Crippen molar-refractivity contribution in [2.45, 2.75) is 125 Å². The largest absolute Gasteiger partial charge is 0.265 e. The maximum Gasteiger partial charge on any atom is 0.144 e. The Hall–Kier alpha value is -7.31. The third-order valence-electron chi connectivity index (χ3n) is 13.2. The first-order valence-electron chi connectivity index (χ1n) is 29.7. The fourth-order valence-electron chi connectivity index (χ4n) is 6.13. The summed E-state index contributed by atoms with van der Waals surface area (Å²) in [5, 5.41) is 7.30. The number of halogens is 9. The summed E-state index contributed by atoms with van der Waals surface area (Å²) in [5.41, 5.74) is 16.1. The molecule has 5 aromatic carbocycles. The van der Waals surface area contributed by atoms with Gasteiger partial charge >= 0.3 is 0 Å². The number of thiophene rings is 1. The number of aromatic nitrogens is 8. The minimum atomic E-state index is -0.491. The summed E-state index contributed by atoms with van der Waals surface area (Å²) in [7, 11) is 0. The Balaban J connectivity index is 0.000000524. The van der Waals surface area contributed by atoms with Crippen LogP contribution in [-0.2, 0) is 0 Å². The Labute approximate surface area is 604 Å². The van der Waals surface area contributed by atoms with Gasteiger partial charge in [0.25, 0.3) is 0 Å². The third kappa shape index (κ3) is 37.8. The van der Waals surface area contributed by atoms with E-state index in [0.29, 0.717) is 21.2 Å². The zero-order chi connectivity index (χ0) is 72.3. The molecule has 0 aliphatic rings. The first kappa shape index (κ1) is 86.7. The van der Waals surface area contributed by atoms with E-state index in [0.717, 1.165) is 54.4 Å². The zero-order valence-electron chi connectivity index (χ0n) is 57.6. The minimum absolute atomic E-state index is 0.0810. The average Bonchev–Trinajstić information content (AvgIpc) is 2.40. The monoisotopic (exact) mass is 1460 g/mol. The summed E-state index contributed by atoms with van der Waals surface area (Å²) < 4.78 is 53.0. The van der Waals surface area contributed by atoms with Crippen molar-refractivity contribution >= 4 is 92.2 Å². The van der Waals surface area contributed by atoms with Crippen LogP contribution in [0.5, 0.6) is 0 Å². The van der Waals surface area contributed by atoms with Crippen LogP contribution in [0.2, 0.25) is 25.1 Å². The van der Waals surface area contributed by atoms with Crippen molar-refractivity contribution in [3.8, 4) is 0 Å². The van der Waals surface area contributed by atoms with Crippen LogP contribution >= 0.6 is 92.2 Å². The molecule has 0 amide bonds. The molecular formula is C76H85Cl5F4N8S3. The number of thiazole rings is 1. The molecule has 0 saturated carbocycles. The van der Waals surface area contributed by atoms with Gasteiger partial charge in [-0.2, -0.15) is 0 Å². The van der Waals surface area contributed by atoms with Crippen molar-refractivity contribution in [1.82, 2.24) is 39.5 Å². The molecule has 510 valence electrons. The predicted octanol–water partition coefficient (Wildman–Crippen LogP) is 25.0. The number of rotatable bonds is 0. The van der Waals surface area contributed by atoms with E-state index in [4.69, 9.17) is 58.0 Å². The molecule has 0 N–H and O–H groups in total. The van der Waals surface area contributed by atoms with Crippen LogP contribution in [0.15, 0.2) is 189 Å². The molecular weight excluding hydrogens is 1370 g/mol. The molecule has 12 aromatic rings. The van der Waals surface area contributed by atoms with E-state index in [-0.39, 0.29) is 17.2 Å². The molecule has 0 spiro atoms. The van der Waals surface area contributed by atoms with E-state index in [9.17, 15) is 17.6 Å². The van der Waals surface area contributed by atoms with E-state index in [2.05, 4.69) is 111 Å². The van der Waals surface area contributed by atoms with Crippen LogP contribution < -0.4 is 0 Å². The van der Waals surface area contributed by atoms with E-state index in [1.807, 2.05) is 146 Å². The van der Waals surface area contributed by atoms with E-state index >= 15 is 0 Å². The Morgan fingerprint density at radius 1 is 0.333 bits per heavy atom. The summed E-state index contributed by atoms with van der Waals surface area (Å²) in [6.07, 6.45) is 12.9. The molecule has 0 aliphatic carbocycles.